The van der Waals surface area contributed by atoms with E-state index in [2.05, 4.69) is 9.39 Å². The summed E-state index contributed by atoms with van der Waals surface area (Å²) in [7, 11) is -3.40. The van der Waals surface area contributed by atoms with Crippen LogP contribution in [0.1, 0.15) is 18.6 Å². The quantitative estimate of drug-likeness (QED) is 0.798. The van der Waals surface area contributed by atoms with Crippen LogP contribution >= 0.6 is 0 Å². The Kier molecular flexibility index (Phi) is 4.23. The molecule has 3 rings (SSSR count). The van der Waals surface area contributed by atoms with Crippen LogP contribution < -0.4 is 5.49 Å². The van der Waals surface area contributed by atoms with E-state index in [9.17, 15) is 13.2 Å². The number of carbonyl (C=O) groups excluding carboxylic acids is 1. The van der Waals surface area contributed by atoms with Gasteiger partial charge in [-0.1, -0.05) is 6.07 Å². The Labute approximate surface area is 140 Å². The van der Waals surface area contributed by atoms with Crippen molar-refractivity contribution in [3.05, 3.63) is 53.8 Å². The van der Waals surface area contributed by atoms with E-state index < -0.39 is 10.0 Å². The third-order valence-corrected chi connectivity index (χ3v) is 4.68. The molecule has 0 saturated heterocycles. The lowest BCUT2D eigenvalue weighted by molar-refractivity contribution is 0.0952. The first-order valence-electron chi connectivity index (χ1n) is 7.61. The molecule has 0 N–H and O–H groups in total. The van der Waals surface area contributed by atoms with Crippen molar-refractivity contribution < 1.29 is 13.2 Å². The van der Waals surface area contributed by atoms with Crippen LogP contribution in [0, 0.1) is 0 Å². The highest BCUT2D eigenvalue weighted by Crippen LogP contribution is 2.16. The smallest absolute Gasteiger partial charge is 0.265 e. The van der Waals surface area contributed by atoms with Crippen molar-refractivity contribution in [3.63, 3.8) is 0 Å². The van der Waals surface area contributed by atoms with Gasteiger partial charge in [-0.15, -0.1) is 4.40 Å². The summed E-state index contributed by atoms with van der Waals surface area (Å²) in [5.74, 6) is 0.0519. The summed E-state index contributed by atoms with van der Waals surface area (Å²) in [6.45, 7) is 4.17. The fourth-order valence-corrected chi connectivity index (χ4v) is 3.41. The molecule has 24 heavy (non-hydrogen) atoms. The maximum absolute atomic E-state index is 12.8. The molecule has 0 aliphatic carbocycles. The van der Waals surface area contributed by atoms with Crippen LogP contribution in [0.15, 0.2) is 57.7 Å². The molecule has 0 unspecified atom stereocenters. The molecule has 1 aromatic heterocycles. The predicted molar refractivity (Wildman–Crippen MR) is 90.9 cm³/mol. The lowest BCUT2D eigenvalue weighted by Gasteiger charge is -2.27. The van der Waals surface area contributed by atoms with Crippen molar-refractivity contribution in [2.24, 2.45) is 9.39 Å². The van der Waals surface area contributed by atoms with Gasteiger partial charge in [0.2, 0.25) is 0 Å². The van der Waals surface area contributed by atoms with E-state index in [0.29, 0.717) is 16.9 Å². The molecular weight excluding hydrogens is 328 g/mol. The number of pyridine rings is 1. The second-order valence-corrected chi connectivity index (χ2v) is 7.56. The summed E-state index contributed by atoms with van der Waals surface area (Å²) in [5, 5.41) is 0. The number of nitrogens with zero attached hydrogens (tertiary/aromatic N) is 4. The van der Waals surface area contributed by atoms with Crippen LogP contribution in [0.5, 0.6) is 0 Å². The van der Waals surface area contributed by atoms with E-state index in [4.69, 9.17) is 0 Å². The summed E-state index contributed by atoms with van der Waals surface area (Å²) in [6.07, 6.45) is 6.43. The Balaban J connectivity index is 1.97. The largest absolute Gasteiger partial charge is 0.330 e. The number of sulfonamides is 1. The average molecular weight is 346 g/mol. The number of aromatic nitrogens is 1. The Morgan fingerprint density at radius 2 is 2.08 bits per heavy atom. The van der Waals surface area contributed by atoms with E-state index in [0.717, 1.165) is 0 Å². The van der Waals surface area contributed by atoms with Gasteiger partial charge in [0.05, 0.1) is 11.3 Å². The molecule has 0 fully saturated rings. The molecule has 0 spiro atoms. The number of carbonyl (C=O) groups is 1. The Morgan fingerprint density at radius 3 is 2.83 bits per heavy atom. The molecule has 3 heterocycles. The van der Waals surface area contributed by atoms with Gasteiger partial charge < -0.3 is 4.90 Å². The lowest BCUT2D eigenvalue weighted by atomic mass is 10.1. The highest BCUT2D eigenvalue weighted by atomic mass is 32.2. The number of fused-ring (bicyclic) bond motifs is 1. The van der Waals surface area contributed by atoms with Crippen molar-refractivity contribution in [2.75, 3.05) is 12.3 Å². The first-order chi connectivity index (χ1) is 11.4. The zero-order valence-corrected chi connectivity index (χ0v) is 14.3. The van der Waals surface area contributed by atoms with Gasteiger partial charge in [0.15, 0.2) is 0 Å². The van der Waals surface area contributed by atoms with Gasteiger partial charge in [0, 0.05) is 25.0 Å². The van der Waals surface area contributed by atoms with Gasteiger partial charge in [-0.25, -0.2) is 8.42 Å². The van der Waals surface area contributed by atoms with Gasteiger partial charge in [0.25, 0.3) is 15.9 Å². The highest BCUT2D eigenvalue weighted by molar-refractivity contribution is 7.90. The Bertz CT molecular complexity index is 936. The van der Waals surface area contributed by atoms with Crippen LogP contribution in [0.3, 0.4) is 0 Å². The maximum Gasteiger partial charge on any atom is 0.265 e. The molecule has 8 heteroatoms. The zero-order valence-electron chi connectivity index (χ0n) is 13.5. The van der Waals surface area contributed by atoms with Crippen molar-refractivity contribution >= 4 is 21.8 Å². The monoisotopic (exact) mass is 346 g/mol. The Hall–Kier alpha value is -2.48. The van der Waals surface area contributed by atoms with E-state index in [1.165, 1.54) is 4.57 Å². The second-order valence-electron chi connectivity index (χ2n) is 5.80. The number of hydrogen-bond acceptors (Lipinski definition) is 5. The minimum atomic E-state index is -3.40. The average Bonchev–Trinajstić information content (AvgIpc) is 2.53. The molecule has 2 aliphatic heterocycles. The molecular formula is C16H18N4O3S. The lowest BCUT2D eigenvalue weighted by Crippen LogP contribution is -2.38. The molecule has 0 bridgehead atoms. The van der Waals surface area contributed by atoms with Crippen molar-refractivity contribution in [2.45, 2.75) is 19.9 Å². The van der Waals surface area contributed by atoms with Crippen LogP contribution in [-0.2, 0) is 10.0 Å². The fourth-order valence-electron chi connectivity index (χ4n) is 2.44. The molecule has 126 valence electrons. The number of rotatable bonds is 2. The van der Waals surface area contributed by atoms with Gasteiger partial charge in [-0.05, 0) is 38.1 Å². The van der Waals surface area contributed by atoms with E-state index in [1.807, 2.05) is 19.9 Å². The molecule has 2 aliphatic rings. The third-order valence-electron chi connectivity index (χ3n) is 3.52. The molecule has 0 saturated carbocycles. The number of allylic oxidation sites excluding steroid dienone is 2. The summed E-state index contributed by atoms with van der Waals surface area (Å²) < 4.78 is 28.3. The van der Waals surface area contributed by atoms with Gasteiger partial charge in [-0.2, -0.15) is 0 Å². The predicted octanol–water partition coefficient (Wildman–Crippen LogP) is 0.935. The summed E-state index contributed by atoms with van der Waals surface area (Å²) >= 11 is 0. The SMILES string of the molecule is CC(C)N=c1ccccn1C(=O)C1=CN2CCS(=O)(=O)N=C2C=C1. The van der Waals surface area contributed by atoms with Crippen LogP contribution in [0.25, 0.3) is 0 Å². The molecule has 0 radical (unpaired) electrons. The number of hydrogen-bond donors (Lipinski definition) is 0. The topological polar surface area (TPSA) is 84.1 Å². The minimum Gasteiger partial charge on any atom is -0.330 e. The molecule has 0 aromatic carbocycles. The maximum atomic E-state index is 12.8. The van der Waals surface area contributed by atoms with Crippen LogP contribution in [0.4, 0.5) is 0 Å². The molecule has 1 aromatic rings. The first kappa shape index (κ1) is 16.4. The third kappa shape index (κ3) is 3.38. The van der Waals surface area contributed by atoms with Gasteiger partial charge in [-0.3, -0.25) is 14.4 Å². The van der Waals surface area contributed by atoms with E-state index in [1.54, 1.807) is 41.6 Å². The van der Waals surface area contributed by atoms with E-state index in [-0.39, 0.29) is 24.2 Å². The normalized spacial score (nSPS) is 19.8. The zero-order chi connectivity index (χ0) is 17.3. The summed E-state index contributed by atoms with van der Waals surface area (Å²) in [4.78, 5) is 18.9. The van der Waals surface area contributed by atoms with Gasteiger partial charge >= 0.3 is 0 Å². The minimum absolute atomic E-state index is 0.0608. The first-order valence-corrected chi connectivity index (χ1v) is 9.22. The van der Waals surface area contributed by atoms with Crippen molar-refractivity contribution in [1.82, 2.24) is 9.47 Å². The van der Waals surface area contributed by atoms with E-state index >= 15 is 0 Å². The van der Waals surface area contributed by atoms with Crippen molar-refractivity contribution in [3.8, 4) is 0 Å². The van der Waals surface area contributed by atoms with Crippen LogP contribution in [-0.4, -0.2) is 48.0 Å². The van der Waals surface area contributed by atoms with Crippen LogP contribution in [0.2, 0.25) is 0 Å². The summed E-state index contributed by atoms with van der Waals surface area (Å²) in [5.41, 5.74) is 1.03. The standard InChI is InChI=1S/C16H18N4O3S/c1-12(2)17-14-5-3-4-8-20(14)16(21)13-6-7-15-18-24(22,23)10-9-19(15)11-13/h3-8,11-12H,9-10H2,1-2H3. The summed E-state index contributed by atoms with van der Waals surface area (Å²) in [6, 6.07) is 5.44. The molecule has 0 amide bonds. The second kappa shape index (κ2) is 6.20. The Morgan fingerprint density at radius 1 is 1.29 bits per heavy atom. The number of amidine groups is 1. The van der Waals surface area contributed by atoms with Gasteiger partial charge in [0.1, 0.15) is 11.3 Å². The fraction of sp³-hybridized carbons (Fsp3) is 0.312. The molecule has 7 nitrogen and oxygen atoms in total. The van der Waals surface area contributed by atoms with Crippen molar-refractivity contribution in [1.29, 1.82) is 0 Å². The molecule has 0 atom stereocenters. The highest BCUT2D eigenvalue weighted by Gasteiger charge is 2.25.